The van der Waals surface area contributed by atoms with Crippen LogP contribution in [0, 0.1) is 5.82 Å². The molecule has 0 aliphatic heterocycles. The predicted octanol–water partition coefficient (Wildman–Crippen LogP) is 3.22. The van der Waals surface area contributed by atoms with Crippen molar-refractivity contribution in [2.24, 2.45) is 0 Å². The van der Waals surface area contributed by atoms with Crippen molar-refractivity contribution in [1.29, 1.82) is 0 Å². The molecule has 0 bridgehead atoms. The summed E-state index contributed by atoms with van der Waals surface area (Å²) in [6.45, 7) is 0. The Morgan fingerprint density at radius 3 is 2.83 bits per heavy atom. The van der Waals surface area contributed by atoms with Crippen LogP contribution in [0.5, 0.6) is 0 Å². The summed E-state index contributed by atoms with van der Waals surface area (Å²) in [6.07, 6.45) is 2.14. The van der Waals surface area contributed by atoms with Crippen molar-refractivity contribution >= 4 is 15.9 Å². The summed E-state index contributed by atoms with van der Waals surface area (Å²) >= 11 is 3.34. The Kier molecular flexibility index (Phi) is 2.78. The molecule has 0 atom stereocenters. The lowest BCUT2D eigenvalue weighted by molar-refractivity contribution is 0.628. The maximum Gasteiger partial charge on any atom is 0.251 e. The Bertz CT molecular complexity index is 664. The third-order valence-electron chi connectivity index (χ3n) is 2.94. The zero-order chi connectivity index (χ0) is 12.7. The van der Waals surface area contributed by atoms with Crippen molar-refractivity contribution in [3.63, 3.8) is 0 Å². The van der Waals surface area contributed by atoms with Crippen molar-refractivity contribution in [3.8, 4) is 11.4 Å². The summed E-state index contributed by atoms with van der Waals surface area (Å²) in [7, 11) is 0. The Morgan fingerprint density at radius 2 is 2.11 bits per heavy atom. The van der Waals surface area contributed by atoms with E-state index in [0.717, 1.165) is 18.5 Å². The second-order valence-electron chi connectivity index (χ2n) is 4.42. The molecule has 18 heavy (non-hydrogen) atoms. The number of hydrogen-bond donors (Lipinski definition) is 1. The van der Waals surface area contributed by atoms with E-state index in [4.69, 9.17) is 0 Å². The highest BCUT2D eigenvalue weighted by atomic mass is 79.9. The lowest BCUT2D eigenvalue weighted by Crippen LogP contribution is -2.10. The fourth-order valence-corrected chi connectivity index (χ4v) is 2.31. The van der Waals surface area contributed by atoms with Gasteiger partial charge in [-0.3, -0.25) is 4.79 Å². The molecule has 0 unspecified atom stereocenters. The van der Waals surface area contributed by atoms with Gasteiger partial charge in [0.25, 0.3) is 5.56 Å². The van der Waals surface area contributed by atoms with Gasteiger partial charge in [0.05, 0.1) is 5.69 Å². The van der Waals surface area contributed by atoms with E-state index >= 15 is 0 Å². The molecular formula is C13H10BrFN2O. The maximum atomic E-state index is 13.3. The normalized spacial score (nSPS) is 14.8. The van der Waals surface area contributed by atoms with E-state index < -0.39 is 0 Å². The third kappa shape index (κ3) is 2.22. The molecule has 0 radical (unpaired) electrons. The van der Waals surface area contributed by atoms with Crippen molar-refractivity contribution in [1.82, 2.24) is 9.97 Å². The van der Waals surface area contributed by atoms with Gasteiger partial charge in [-0.25, -0.2) is 9.37 Å². The second-order valence-corrected chi connectivity index (χ2v) is 5.27. The Labute approximate surface area is 111 Å². The molecule has 1 N–H and O–H groups in total. The zero-order valence-corrected chi connectivity index (χ0v) is 11.0. The number of rotatable bonds is 2. The molecule has 92 valence electrons. The monoisotopic (exact) mass is 308 g/mol. The molecular weight excluding hydrogens is 299 g/mol. The van der Waals surface area contributed by atoms with Gasteiger partial charge in [-0.1, -0.05) is 15.9 Å². The molecule has 1 aliphatic carbocycles. The van der Waals surface area contributed by atoms with E-state index in [2.05, 4.69) is 25.9 Å². The van der Waals surface area contributed by atoms with Gasteiger partial charge >= 0.3 is 0 Å². The van der Waals surface area contributed by atoms with E-state index in [1.54, 1.807) is 6.07 Å². The molecule has 1 aromatic carbocycles. The van der Waals surface area contributed by atoms with Crippen LogP contribution in [0.2, 0.25) is 0 Å². The van der Waals surface area contributed by atoms with E-state index in [0.29, 0.717) is 21.8 Å². The van der Waals surface area contributed by atoms with Crippen LogP contribution in [-0.2, 0) is 0 Å². The van der Waals surface area contributed by atoms with E-state index in [9.17, 15) is 9.18 Å². The number of benzene rings is 1. The van der Waals surface area contributed by atoms with E-state index in [-0.39, 0.29) is 11.4 Å². The van der Waals surface area contributed by atoms with Crippen molar-refractivity contribution in [2.45, 2.75) is 18.8 Å². The van der Waals surface area contributed by atoms with Crippen LogP contribution in [0.3, 0.4) is 0 Å². The molecule has 1 aromatic heterocycles. The first-order valence-electron chi connectivity index (χ1n) is 5.70. The molecule has 0 spiro atoms. The lowest BCUT2D eigenvalue weighted by Gasteiger charge is -2.05. The first kappa shape index (κ1) is 11.6. The number of halogens is 2. The molecule has 1 aliphatic rings. The first-order chi connectivity index (χ1) is 8.63. The predicted molar refractivity (Wildman–Crippen MR) is 69.9 cm³/mol. The van der Waals surface area contributed by atoms with Gasteiger partial charge < -0.3 is 4.98 Å². The smallest absolute Gasteiger partial charge is 0.251 e. The number of nitrogens with zero attached hydrogens (tertiary/aromatic N) is 1. The summed E-state index contributed by atoms with van der Waals surface area (Å²) in [5.41, 5.74) is 1.16. The quantitative estimate of drug-likeness (QED) is 0.926. The minimum atomic E-state index is -0.354. The first-order valence-corrected chi connectivity index (χ1v) is 6.49. The average Bonchev–Trinajstić information content (AvgIpc) is 3.15. The topological polar surface area (TPSA) is 45.8 Å². The molecule has 3 rings (SSSR count). The number of H-pyrrole nitrogens is 1. The van der Waals surface area contributed by atoms with Crippen LogP contribution in [0.1, 0.15) is 24.5 Å². The highest BCUT2D eigenvalue weighted by Gasteiger charge is 2.26. The van der Waals surface area contributed by atoms with Gasteiger partial charge in [-0.2, -0.15) is 0 Å². The zero-order valence-electron chi connectivity index (χ0n) is 9.41. The minimum Gasteiger partial charge on any atom is -0.306 e. The largest absolute Gasteiger partial charge is 0.306 e. The summed E-state index contributed by atoms with van der Waals surface area (Å²) in [4.78, 5) is 18.7. The SMILES string of the molecule is O=c1cc(C2CC2)nc(-c2cc(F)ccc2Br)[nH]1. The fourth-order valence-electron chi connectivity index (χ4n) is 1.87. The average molecular weight is 309 g/mol. The second kappa shape index (κ2) is 4.31. The number of aromatic nitrogens is 2. The van der Waals surface area contributed by atoms with Gasteiger partial charge in [0.1, 0.15) is 11.6 Å². The molecule has 5 heteroatoms. The van der Waals surface area contributed by atoms with Gasteiger partial charge in [-0.15, -0.1) is 0 Å². The van der Waals surface area contributed by atoms with Gasteiger partial charge in [0.2, 0.25) is 0 Å². The number of nitrogens with one attached hydrogen (secondary N) is 1. The molecule has 0 amide bonds. The van der Waals surface area contributed by atoms with Crippen molar-refractivity contribution in [3.05, 3.63) is 50.6 Å². The standard InChI is InChI=1S/C13H10BrFN2O/c14-10-4-3-8(15)5-9(10)13-16-11(7-1-2-7)6-12(18)17-13/h3-7H,1-2H2,(H,16,17,18). The molecule has 3 nitrogen and oxygen atoms in total. The Hall–Kier alpha value is -1.49. The van der Waals surface area contributed by atoms with E-state index in [1.165, 1.54) is 18.2 Å². The third-order valence-corrected chi connectivity index (χ3v) is 3.63. The van der Waals surface area contributed by atoms with Crippen LogP contribution < -0.4 is 5.56 Å². The number of hydrogen-bond acceptors (Lipinski definition) is 2. The summed E-state index contributed by atoms with van der Waals surface area (Å²) in [6, 6.07) is 5.85. The van der Waals surface area contributed by atoms with Crippen LogP contribution in [-0.4, -0.2) is 9.97 Å². The van der Waals surface area contributed by atoms with Crippen LogP contribution in [0.25, 0.3) is 11.4 Å². The highest BCUT2D eigenvalue weighted by molar-refractivity contribution is 9.10. The molecule has 1 fully saturated rings. The van der Waals surface area contributed by atoms with Crippen LogP contribution in [0.15, 0.2) is 33.5 Å². The highest BCUT2D eigenvalue weighted by Crippen LogP contribution is 2.39. The van der Waals surface area contributed by atoms with Crippen molar-refractivity contribution in [2.75, 3.05) is 0 Å². The fraction of sp³-hybridized carbons (Fsp3) is 0.231. The maximum absolute atomic E-state index is 13.3. The molecule has 2 aromatic rings. The Balaban J connectivity index is 2.15. The molecule has 1 heterocycles. The minimum absolute atomic E-state index is 0.196. The van der Waals surface area contributed by atoms with Gasteiger partial charge in [0.15, 0.2) is 0 Å². The summed E-state index contributed by atoms with van der Waals surface area (Å²) in [5, 5.41) is 0. The van der Waals surface area contributed by atoms with Gasteiger partial charge in [-0.05, 0) is 31.0 Å². The summed E-state index contributed by atoms with van der Waals surface area (Å²) < 4.78 is 14.0. The van der Waals surface area contributed by atoms with Crippen LogP contribution >= 0.6 is 15.9 Å². The summed E-state index contributed by atoms with van der Waals surface area (Å²) in [5.74, 6) is 0.446. The lowest BCUT2D eigenvalue weighted by atomic mass is 10.2. The van der Waals surface area contributed by atoms with Crippen molar-refractivity contribution < 1.29 is 4.39 Å². The molecule has 0 saturated heterocycles. The van der Waals surface area contributed by atoms with Gasteiger partial charge in [0, 0.05) is 22.0 Å². The Morgan fingerprint density at radius 1 is 1.33 bits per heavy atom. The van der Waals surface area contributed by atoms with E-state index in [1.807, 2.05) is 0 Å². The van der Waals surface area contributed by atoms with Crippen LogP contribution in [0.4, 0.5) is 4.39 Å². The molecule has 1 saturated carbocycles. The number of aromatic amines is 1.